The lowest BCUT2D eigenvalue weighted by molar-refractivity contribution is -0.125. The van der Waals surface area contributed by atoms with Gasteiger partial charge in [-0.2, -0.15) is 0 Å². The molecule has 0 fully saturated rings. The lowest BCUT2D eigenvalue weighted by Gasteiger charge is -2.04. The molecule has 2 amide bonds. The van der Waals surface area contributed by atoms with Crippen molar-refractivity contribution in [3.63, 3.8) is 0 Å². The highest BCUT2D eigenvalue weighted by Crippen LogP contribution is 2.10. The van der Waals surface area contributed by atoms with Crippen LogP contribution in [-0.4, -0.2) is 31.2 Å². The molecule has 0 saturated heterocycles. The van der Waals surface area contributed by atoms with Gasteiger partial charge in [-0.1, -0.05) is 38.5 Å². The van der Waals surface area contributed by atoms with Gasteiger partial charge in [0.05, 0.1) is 6.54 Å². The number of carbonyl (C=O) groups is 3. The van der Waals surface area contributed by atoms with Crippen molar-refractivity contribution in [2.24, 2.45) is 0 Å². The lowest BCUT2D eigenvalue weighted by atomic mass is 10.1. The van der Waals surface area contributed by atoms with Gasteiger partial charge in [0.25, 0.3) is 0 Å². The highest BCUT2D eigenvalue weighted by atomic mass is 16.2. The number of hydrogen-bond donors (Lipinski definition) is 2. The molecule has 0 heterocycles. The molecule has 0 atom stereocenters. The van der Waals surface area contributed by atoms with Crippen LogP contribution in [0.25, 0.3) is 0 Å². The monoisotopic (exact) mass is 298 g/mol. The highest BCUT2D eigenvalue weighted by molar-refractivity contribution is 5.84. The maximum absolute atomic E-state index is 11.4. The molecule has 5 nitrogen and oxygen atoms in total. The van der Waals surface area contributed by atoms with Crippen LogP contribution >= 0.6 is 0 Å². The van der Waals surface area contributed by atoms with E-state index in [4.69, 9.17) is 0 Å². The second-order valence-corrected chi connectivity index (χ2v) is 5.48. The predicted octanol–water partition coefficient (Wildman–Crippen LogP) is 2.34. The Balaban J connectivity index is 3.23. The minimum atomic E-state index is -0.173. The van der Waals surface area contributed by atoms with Crippen molar-refractivity contribution in [2.75, 3.05) is 13.6 Å². The Labute approximate surface area is 128 Å². The second-order valence-electron chi connectivity index (χ2n) is 5.48. The normalized spacial score (nSPS) is 10.2. The summed E-state index contributed by atoms with van der Waals surface area (Å²) < 4.78 is 0. The number of amides is 2. The van der Waals surface area contributed by atoms with Gasteiger partial charge in [0.1, 0.15) is 5.78 Å². The number of Topliss-reactive ketones (excluding diaryl/α,β-unsaturated/α-hetero) is 1. The maximum atomic E-state index is 11.4. The Morgan fingerprint density at radius 3 is 1.67 bits per heavy atom. The van der Waals surface area contributed by atoms with Crippen molar-refractivity contribution < 1.29 is 14.4 Å². The van der Waals surface area contributed by atoms with Crippen LogP contribution in [0.3, 0.4) is 0 Å². The molecular weight excluding hydrogens is 268 g/mol. The van der Waals surface area contributed by atoms with Crippen molar-refractivity contribution in [1.82, 2.24) is 10.6 Å². The van der Waals surface area contributed by atoms with E-state index in [1.54, 1.807) is 14.0 Å². The van der Waals surface area contributed by atoms with E-state index in [0.29, 0.717) is 12.8 Å². The summed E-state index contributed by atoms with van der Waals surface area (Å²) in [5.41, 5.74) is 0. The third-order valence-electron chi connectivity index (χ3n) is 3.41. The van der Waals surface area contributed by atoms with Gasteiger partial charge in [-0.25, -0.2) is 0 Å². The van der Waals surface area contributed by atoms with Gasteiger partial charge < -0.3 is 15.4 Å². The third kappa shape index (κ3) is 14.8. The molecule has 0 aliphatic carbocycles. The number of likely N-dealkylation sites (N-methyl/N-ethyl adjacent to an activating group) is 1. The van der Waals surface area contributed by atoms with Crippen molar-refractivity contribution in [3.05, 3.63) is 0 Å². The SMILES string of the molecule is CNC(=O)CNC(=O)CCCCCCCCCCC(C)=O. The van der Waals surface area contributed by atoms with E-state index in [2.05, 4.69) is 10.6 Å². The molecule has 0 unspecified atom stereocenters. The molecule has 0 aromatic heterocycles. The van der Waals surface area contributed by atoms with E-state index in [9.17, 15) is 14.4 Å². The first-order valence-electron chi connectivity index (χ1n) is 8.03. The van der Waals surface area contributed by atoms with E-state index in [1.165, 1.54) is 19.3 Å². The smallest absolute Gasteiger partial charge is 0.239 e. The van der Waals surface area contributed by atoms with Gasteiger partial charge in [0.2, 0.25) is 11.8 Å². The fraction of sp³-hybridized carbons (Fsp3) is 0.812. The van der Waals surface area contributed by atoms with Gasteiger partial charge in [0, 0.05) is 19.9 Å². The fourth-order valence-electron chi connectivity index (χ4n) is 2.08. The summed E-state index contributed by atoms with van der Waals surface area (Å²) in [7, 11) is 1.55. The molecule has 0 rings (SSSR count). The van der Waals surface area contributed by atoms with Gasteiger partial charge in [-0.15, -0.1) is 0 Å². The van der Waals surface area contributed by atoms with Crippen LogP contribution in [0.4, 0.5) is 0 Å². The Morgan fingerprint density at radius 2 is 1.19 bits per heavy atom. The molecule has 2 N–H and O–H groups in total. The summed E-state index contributed by atoms with van der Waals surface area (Å²) in [5, 5.41) is 5.05. The fourth-order valence-corrected chi connectivity index (χ4v) is 2.08. The number of hydrogen-bond acceptors (Lipinski definition) is 3. The maximum Gasteiger partial charge on any atom is 0.239 e. The first kappa shape index (κ1) is 19.6. The van der Waals surface area contributed by atoms with Gasteiger partial charge in [0.15, 0.2) is 0 Å². The summed E-state index contributed by atoms with van der Waals surface area (Å²) in [6, 6.07) is 0. The van der Waals surface area contributed by atoms with Crippen LogP contribution in [-0.2, 0) is 14.4 Å². The minimum absolute atomic E-state index is 0.0529. The van der Waals surface area contributed by atoms with Crippen molar-refractivity contribution in [3.8, 4) is 0 Å². The average molecular weight is 298 g/mol. The number of nitrogens with one attached hydrogen (secondary N) is 2. The quantitative estimate of drug-likeness (QED) is 0.512. The van der Waals surface area contributed by atoms with E-state index >= 15 is 0 Å². The Bertz CT molecular complexity index is 317. The first-order chi connectivity index (χ1) is 10.1. The Hall–Kier alpha value is -1.39. The van der Waals surface area contributed by atoms with Gasteiger partial charge in [-0.3, -0.25) is 9.59 Å². The number of carbonyl (C=O) groups excluding carboxylic acids is 3. The topological polar surface area (TPSA) is 75.3 Å². The van der Waals surface area contributed by atoms with Crippen LogP contribution in [0.2, 0.25) is 0 Å². The summed E-state index contributed by atoms with van der Waals surface area (Å²) in [6.45, 7) is 1.71. The molecule has 0 bridgehead atoms. The summed E-state index contributed by atoms with van der Waals surface area (Å²) in [6.07, 6.45) is 10.0. The minimum Gasteiger partial charge on any atom is -0.358 e. The standard InChI is InChI=1S/C16H30N2O3/c1-14(19)11-9-7-5-3-4-6-8-10-12-15(20)18-13-16(21)17-2/h3-13H2,1-2H3,(H,17,21)(H,18,20). The molecule has 0 aliphatic heterocycles. The zero-order chi connectivity index (χ0) is 15.9. The lowest BCUT2D eigenvalue weighted by Crippen LogP contribution is -2.34. The van der Waals surface area contributed by atoms with Crippen molar-refractivity contribution in [2.45, 2.75) is 71.1 Å². The van der Waals surface area contributed by atoms with Crippen LogP contribution in [0.15, 0.2) is 0 Å². The van der Waals surface area contributed by atoms with Crippen LogP contribution in [0.1, 0.15) is 71.1 Å². The van der Waals surface area contributed by atoms with Gasteiger partial charge >= 0.3 is 0 Å². The van der Waals surface area contributed by atoms with Crippen molar-refractivity contribution >= 4 is 17.6 Å². The molecular formula is C16H30N2O3. The Kier molecular flexibility index (Phi) is 12.7. The second kappa shape index (κ2) is 13.6. The molecule has 5 heteroatoms. The van der Waals surface area contributed by atoms with Gasteiger partial charge in [-0.05, 0) is 19.8 Å². The van der Waals surface area contributed by atoms with E-state index < -0.39 is 0 Å². The van der Waals surface area contributed by atoms with E-state index in [-0.39, 0.29) is 24.1 Å². The van der Waals surface area contributed by atoms with E-state index in [1.807, 2.05) is 0 Å². The molecule has 0 spiro atoms. The average Bonchev–Trinajstić information content (AvgIpc) is 2.46. The zero-order valence-electron chi connectivity index (χ0n) is 13.5. The molecule has 0 radical (unpaired) electrons. The highest BCUT2D eigenvalue weighted by Gasteiger charge is 2.03. The zero-order valence-corrected chi connectivity index (χ0v) is 13.5. The van der Waals surface area contributed by atoms with Crippen LogP contribution in [0.5, 0.6) is 0 Å². The molecule has 0 aliphatic rings. The predicted molar refractivity (Wildman–Crippen MR) is 83.9 cm³/mol. The molecule has 0 aromatic rings. The summed E-state index contributed by atoms with van der Waals surface area (Å²) in [5.74, 6) is 0.0562. The molecule has 0 saturated carbocycles. The Morgan fingerprint density at radius 1 is 0.714 bits per heavy atom. The number of ketones is 1. The van der Waals surface area contributed by atoms with Crippen LogP contribution < -0.4 is 10.6 Å². The number of rotatable bonds is 13. The third-order valence-corrected chi connectivity index (χ3v) is 3.41. The largest absolute Gasteiger partial charge is 0.358 e. The summed E-state index contributed by atoms with van der Waals surface area (Å²) >= 11 is 0. The van der Waals surface area contributed by atoms with Crippen molar-refractivity contribution in [1.29, 1.82) is 0 Å². The molecule has 122 valence electrons. The molecule has 21 heavy (non-hydrogen) atoms. The number of unbranched alkanes of at least 4 members (excludes halogenated alkanes) is 7. The molecule has 0 aromatic carbocycles. The first-order valence-corrected chi connectivity index (χ1v) is 8.03. The van der Waals surface area contributed by atoms with E-state index in [0.717, 1.165) is 32.1 Å². The summed E-state index contributed by atoms with van der Waals surface area (Å²) in [4.78, 5) is 33.1. The van der Waals surface area contributed by atoms with Crippen LogP contribution in [0, 0.1) is 0 Å².